The predicted octanol–water partition coefficient (Wildman–Crippen LogP) is 5.57. The summed E-state index contributed by atoms with van der Waals surface area (Å²) >= 11 is 1.18. The number of hydrogen-bond donors (Lipinski definition) is 2. The Bertz CT molecular complexity index is 1150. The molecule has 39 heavy (non-hydrogen) atoms. The summed E-state index contributed by atoms with van der Waals surface area (Å²) in [6.45, 7) is 0.760. The molecule has 0 fully saturated rings. The van der Waals surface area contributed by atoms with Crippen LogP contribution in [0.2, 0.25) is 0 Å². The van der Waals surface area contributed by atoms with Crippen molar-refractivity contribution < 1.29 is 49.8 Å². The third-order valence-corrected chi connectivity index (χ3v) is 5.62. The first kappa shape index (κ1) is 32.2. The van der Waals surface area contributed by atoms with Gasteiger partial charge in [0.1, 0.15) is 17.1 Å². The topological polar surface area (TPSA) is 94.5 Å². The van der Waals surface area contributed by atoms with Crippen LogP contribution in [0.25, 0.3) is 0 Å². The SMILES string of the molecule is CCc1cc(OCC(F)(F)F)cc(F)c1NC(=O)c1c(CC)nn(CCCOC(F)(F)F)c1NC(=O)CSC. The zero-order chi connectivity index (χ0) is 29.4. The molecule has 2 N–H and O–H groups in total. The van der Waals surface area contributed by atoms with Crippen LogP contribution in [0, 0.1) is 5.82 Å². The zero-order valence-corrected chi connectivity index (χ0v) is 22.0. The molecule has 0 saturated carbocycles. The maximum Gasteiger partial charge on any atom is 0.522 e. The maximum atomic E-state index is 14.9. The standard InChI is InChI=1S/C23H27F7N4O4S/c1-4-13-9-14(37-12-22(25,26)27)10-15(24)19(13)32-21(36)18-16(5-2)33-34(7-6-8-38-23(28,29)30)20(18)31-17(35)11-39-3/h9-10H,4-8,11-12H2,1-3H3,(H,31,35)(H,32,36). The first-order valence-corrected chi connectivity index (χ1v) is 13.0. The van der Waals surface area contributed by atoms with Crippen molar-refractivity contribution in [3.63, 3.8) is 0 Å². The van der Waals surface area contributed by atoms with Crippen molar-refractivity contribution in [2.75, 3.05) is 35.9 Å². The van der Waals surface area contributed by atoms with E-state index in [0.29, 0.717) is 6.07 Å². The van der Waals surface area contributed by atoms with E-state index in [4.69, 9.17) is 0 Å². The van der Waals surface area contributed by atoms with Gasteiger partial charge in [-0.1, -0.05) is 13.8 Å². The molecule has 2 amide bonds. The van der Waals surface area contributed by atoms with Gasteiger partial charge in [-0.25, -0.2) is 9.07 Å². The smallest absolute Gasteiger partial charge is 0.484 e. The highest BCUT2D eigenvalue weighted by Gasteiger charge is 2.30. The summed E-state index contributed by atoms with van der Waals surface area (Å²) in [5.74, 6) is -2.94. The number of anilines is 2. The Kier molecular flexibility index (Phi) is 11.5. The van der Waals surface area contributed by atoms with E-state index < -0.39 is 43.4 Å². The summed E-state index contributed by atoms with van der Waals surface area (Å²) in [7, 11) is 0. The summed E-state index contributed by atoms with van der Waals surface area (Å²) in [5, 5.41) is 9.17. The number of carbonyl (C=O) groups excluding carboxylic acids is 2. The monoisotopic (exact) mass is 588 g/mol. The molecule has 218 valence electrons. The number of halogens is 7. The highest BCUT2D eigenvalue weighted by atomic mass is 32.2. The lowest BCUT2D eigenvalue weighted by molar-refractivity contribution is -0.324. The molecule has 16 heteroatoms. The minimum atomic E-state index is -4.83. The molecule has 2 rings (SSSR count). The summed E-state index contributed by atoms with van der Waals surface area (Å²) in [6.07, 6.45) is -7.67. The quantitative estimate of drug-likeness (QED) is 0.235. The number of nitrogens with zero attached hydrogens (tertiary/aromatic N) is 2. The first-order valence-electron chi connectivity index (χ1n) is 11.6. The molecular formula is C23H27F7N4O4S. The van der Waals surface area contributed by atoms with Gasteiger partial charge in [-0.3, -0.25) is 14.3 Å². The van der Waals surface area contributed by atoms with Crippen molar-refractivity contribution >= 4 is 35.1 Å². The van der Waals surface area contributed by atoms with E-state index in [1.54, 1.807) is 20.1 Å². The van der Waals surface area contributed by atoms with Crippen LogP contribution in [0.3, 0.4) is 0 Å². The van der Waals surface area contributed by atoms with Crippen LogP contribution >= 0.6 is 11.8 Å². The normalized spacial score (nSPS) is 11.9. The number of amides is 2. The maximum absolute atomic E-state index is 14.9. The molecule has 0 aliphatic heterocycles. The zero-order valence-electron chi connectivity index (χ0n) is 21.2. The number of carbonyl (C=O) groups is 2. The predicted molar refractivity (Wildman–Crippen MR) is 131 cm³/mol. The van der Waals surface area contributed by atoms with Crippen LogP contribution in [-0.4, -0.2) is 59.4 Å². The second-order valence-electron chi connectivity index (χ2n) is 8.03. The molecule has 0 saturated heterocycles. The number of aromatic nitrogens is 2. The molecule has 0 aliphatic carbocycles. The van der Waals surface area contributed by atoms with E-state index in [1.165, 1.54) is 11.8 Å². The van der Waals surface area contributed by atoms with Crippen molar-refractivity contribution in [2.24, 2.45) is 0 Å². The Morgan fingerprint density at radius 2 is 1.77 bits per heavy atom. The Balaban J connectivity index is 2.40. The van der Waals surface area contributed by atoms with Crippen molar-refractivity contribution in [1.29, 1.82) is 0 Å². The number of rotatable bonds is 13. The number of alkyl halides is 6. The van der Waals surface area contributed by atoms with Crippen molar-refractivity contribution in [3.8, 4) is 5.75 Å². The van der Waals surface area contributed by atoms with Gasteiger partial charge in [0.15, 0.2) is 12.4 Å². The fourth-order valence-corrected chi connectivity index (χ4v) is 3.80. The first-order chi connectivity index (χ1) is 18.2. The molecule has 2 aromatic rings. The molecule has 1 heterocycles. The number of ether oxygens (including phenoxy) is 2. The fourth-order valence-electron chi connectivity index (χ4n) is 3.47. The van der Waals surface area contributed by atoms with Gasteiger partial charge in [0.2, 0.25) is 5.91 Å². The van der Waals surface area contributed by atoms with Crippen LogP contribution in [-0.2, 0) is 28.9 Å². The average Bonchev–Trinajstić information content (AvgIpc) is 3.17. The highest BCUT2D eigenvalue weighted by molar-refractivity contribution is 7.99. The van der Waals surface area contributed by atoms with Gasteiger partial charge < -0.3 is 15.4 Å². The molecular weight excluding hydrogens is 561 g/mol. The molecule has 1 aromatic heterocycles. The van der Waals surface area contributed by atoms with E-state index in [1.807, 2.05) is 0 Å². The molecule has 1 aromatic carbocycles. The molecule has 0 unspecified atom stereocenters. The van der Waals surface area contributed by atoms with Crippen LogP contribution in [0.15, 0.2) is 12.1 Å². The van der Waals surface area contributed by atoms with Crippen LogP contribution < -0.4 is 15.4 Å². The minimum Gasteiger partial charge on any atom is -0.484 e. The molecule has 0 radical (unpaired) electrons. The van der Waals surface area contributed by atoms with Crippen LogP contribution in [0.4, 0.5) is 42.2 Å². The highest BCUT2D eigenvalue weighted by Crippen LogP contribution is 2.30. The molecule has 0 atom stereocenters. The minimum absolute atomic E-state index is 0.00111. The summed E-state index contributed by atoms with van der Waals surface area (Å²) in [5.41, 5.74) is -0.130. The van der Waals surface area contributed by atoms with Crippen LogP contribution in [0.5, 0.6) is 5.75 Å². The van der Waals surface area contributed by atoms with Gasteiger partial charge in [-0.05, 0) is 37.1 Å². The summed E-state index contributed by atoms with van der Waals surface area (Å²) in [4.78, 5) is 25.7. The Hall–Kier alpha value is -3.01. The van der Waals surface area contributed by atoms with Gasteiger partial charge in [0.05, 0.1) is 23.7 Å². The lowest BCUT2D eigenvalue weighted by atomic mass is 10.1. The van der Waals surface area contributed by atoms with Crippen LogP contribution in [0.1, 0.15) is 41.9 Å². The van der Waals surface area contributed by atoms with Crippen molar-refractivity contribution in [3.05, 3.63) is 34.8 Å². The number of aryl methyl sites for hydroxylation is 3. The third-order valence-electron chi connectivity index (χ3n) is 5.07. The van der Waals surface area contributed by atoms with Gasteiger partial charge in [0, 0.05) is 12.6 Å². The van der Waals surface area contributed by atoms with Crippen molar-refractivity contribution in [1.82, 2.24) is 9.78 Å². The number of benzene rings is 1. The van der Waals surface area contributed by atoms with E-state index >= 15 is 0 Å². The summed E-state index contributed by atoms with van der Waals surface area (Å²) in [6, 6.07) is 1.86. The Morgan fingerprint density at radius 3 is 2.33 bits per heavy atom. The number of thioether (sulfide) groups is 1. The number of nitrogens with one attached hydrogen (secondary N) is 2. The lowest BCUT2D eigenvalue weighted by Gasteiger charge is -2.16. The van der Waals surface area contributed by atoms with E-state index in [0.717, 1.165) is 10.7 Å². The second-order valence-corrected chi connectivity index (χ2v) is 8.89. The average molecular weight is 589 g/mol. The third kappa shape index (κ3) is 9.91. The van der Waals surface area contributed by atoms with Crippen molar-refractivity contribution in [2.45, 2.75) is 52.2 Å². The van der Waals surface area contributed by atoms with E-state index in [-0.39, 0.29) is 65.6 Å². The second kappa shape index (κ2) is 13.9. The van der Waals surface area contributed by atoms with E-state index in [9.17, 15) is 40.3 Å². The fraction of sp³-hybridized carbons (Fsp3) is 0.522. The molecule has 8 nitrogen and oxygen atoms in total. The summed E-state index contributed by atoms with van der Waals surface area (Å²) < 4.78 is 98.9. The van der Waals surface area contributed by atoms with Gasteiger partial charge in [0.25, 0.3) is 5.91 Å². The molecule has 0 aliphatic rings. The molecule has 0 spiro atoms. The van der Waals surface area contributed by atoms with Gasteiger partial charge in [-0.2, -0.15) is 30.0 Å². The van der Waals surface area contributed by atoms with Gasteiger partial charge >= 0.3 is 12.5 Å². The number of hydrogen-bond acceptors (Lipinski definition) is 6. The Labute approximate surface area is 223 Å². The molecule has 0 bridgehead atoms. The lowest BCUT2D eigenvalue weighted by Crippen LogP contribution is -2.23. The van der Waals surface area contributed by atoms with E-state index in [2.05, 4.69) is 25.2 Å². The Morgan fingerprint density at radius 1 is 1.08 bits per heavy atom. The largest absolute Gasteiger partial charge is 0.522 e. The van der Waals surface area contributed by atoms with Gasteiger partial charge in [-0.15, -0.1) is 13.2 Å².